The molecule has 14 heavy (non-hydrogen) atoms. The van der Waals surface area contributed by atoms with Gasteiger partial charge in [-0.05, 0) is 19.1 Å². The number of carbonyl (C=O) groups is 1. The zero-order chi connectivity index (χ0) is 10.7. The summed E-state index contributed by atoms with van der Waals surface area (Å²) in [6, 6.07) is 5.59. The monoisotopic (exact) mass is 209 g/mol. The fourth-order valence-corrected chi connectivity index (χ4v) is 1.38. The molecule has 0 aliphatic rings. The molecular weight excluding hydrogens is 198 g/mol. The van der Waals surface area contributed by atoms with Crippen molar-refractivity contribution in [1.82, 2.24) is 5.32 Å². The molecule has 0 heterocycles. The lowest BCUT2D eigenvalue weighted by Crippen LogP contribution is -2.17. The van der Waals surface area contributed by atoms with Gasteiger partial charge in [-0.15, -0.1) is 0 Å². The lowest BCUT2D eigenvalue weighted by molar-refractivity contribution is -0.117. The Morgan fingerprint density at radius 1 is 1.50 bits per heavy atom. The lowest BCUT2D eigenvalue weighted by atomic mass is 10.1. The fraction of sp³-hybridized carbons (Fsp3) is 0.182. The average Bonchev–Trinajstić information content (AvgIpc) is 2.08. The average molecular weight is 210 g/mol. The summed E-state index contributed by atoms with van der Waals surface area (Å²) in [5.74, 6) is -0.146. The number of rotatable bonds is 2. The minimum atomic E-state index is -0.146. The molecule has 2 nitrogen and oxygen atoms in total. The van der Waals surface area contributed by atoms with Crippen LogP contribution in [0.4, 0.5) is 0 Å². The number of aryl methyl sites for hydroxylation is 1. The van der Waals surface area contributed by atoms with Crippen molar-refractivity contribution in [1.29, 1.82) is 0 Å². The van der Waals surface area contributed by atoms with Gasteiger partial charge in [-0.1, -0.05) is 29.8 Å². The number of benzene rings is 1. The summed E-state index contributed by atoms with van der Waals surface area (Å²) in [5.41, 5.74) is 2.38. The molecule has 1 aromatic rings. The molecule has 0 spiro atoms. The van der Waals surface area contributed by atoms with Crippen LogP contribution < -0.4 is 5.32 Å². The number of halogens is 1. The highest BCUT2D eigenvalue weighted by molar-refractivity contribution is 6.32. The normalized spacial score (nSPS) is 9.64. The van der Waals surface area contributed by atoms with Crippen LogP contribution in [0.3, 0.4) is 0 Å². The molecular formula is C11H12ClNO. The summed E-state index contributed by atoms with van der Waals surface area (Å²) < 4.78 is 0. The second-order valence-electron chi connectivity index (χ2n) is 3.14. The minimum Gasteiger partial charge on any atom is -0.326 e. The molecule has 0 aromatic heterocycles. The van der Waals surface area contributed by atoms with Crippen LogP contribution in [0.1, 0.15) is 18.1 Å². The van der Waals surface area contributed by atoms with Crippen LogP contribution in [0.5, 0.6) is 0 Å². The molecule has 0 unspecified atom stereocenters. The standard InChI is InChI=1S/C11H12ClNO/c1-7-4-5-11(12)10(6-7)8(2)13-9(3)14/h4-6H,2H2,1,3H3,(H,13,14). The van der Waals surface area contributed by atoms with Gasteiger partial charge in [0, 0.05) is 23.2 Å². The van der Waals surface area contributed by atoms with Gasteiger partial charge < -0.3 is 5.32 Å². The Kier molecular flexibility index (Phi) is 3.31. The van der Waals surface area contributed by atoms with E-state index in [1.807, 2.05) is 19.1 Å². The van der Waals surface area contributed by atoms with Crippen LogP contribution in [0.25, 0.3) is 5.70 Å². The van der Waals surface area contributed by atoms with E-state index in [1.165, 1.54) is 6.92 Å². The third-order valence-corrected chi connectivity index (χ3v) is 2.10. The quantitative estimate of drug-likeness (QED) is 0.798. The number of hydrogen-bond donors (Lipinski definition) is 1. The maximum atomic E-state index is 10.8. The summed E-state index contributed by atoms with van der Waals surface area (Å²) in [7, 11) is 0. The molecule has 3 heteroatoms. The predicted molar refractivity (Wildman–Crippen MR) is 59.0 cm³/mol. The van der Waals surface area contributed by atoms with Gasteiger partial charge in [-0.25, -0.2) is 0 Å². The maximum Gasteiger partial charge on any atom is 0.221 e. The zero-order valence-corrected chi connectivity index (χ0v) is 8.98. The largest absolute Gasteiger partial charge is 0.326 e. The number of amides is 1. The topological polar surface area (TPSA) is 29.1 Å². The van der Waals surface area contributed by atoms with E-state index in [9.17, 15) is 4.79 Å². The van der Waals surface area contributed by atoms with Gasteiger partial charge in [0.05, 0.1) is 0 Å². The Hall–Kier alpha value is -1.28. The van der Waals surface area contributed by atoms with Crippen LogP contribution in [0.15, 0.2) is 24.8 Å². The van der Waals surface area contributed by atoms with Crippen molar-refractivity contribution in [2.45, 2.75) is 13.8 Å². The smallest absolute Gasteiger partial charge is 0.221 e. The van der Waals surface area contributed by atoms with Crippen LogP contribution in [-0.4, -0.2) is 5.91 Å². The maximum absolute atomic E-state index is 10.8. The first kappa shape index (κ1) is 10.8. The van der Waals surface area contributed by atoms with Crippen molar-refractivity contribution in [3.05, 3.63) is 40.9 Å². The molecule has 1 aromatic carbocycles. The van der Waals surface area contributed by atoms with Gasteiger partial charge >= 0.3 is 0 Å². The first-order valence-corrected chi connectivity index (χ1v) is 4.61. The second-order valence-corrected chi connectivity index (χ2v) is 3.55. The Labute approximate surface area is 88.6 Å². The molecule has 0 saturated heterocycles. The highest BCUT2D eigenvalue weighted by Gasteiger charge is 2.05. The Morgan fingerprint density at radius 3 is 2.71 bits per heavy atom. The van der Waals surface area contributed by atoms with Crippen molar-refractivity contribution in [2.24, 2.45) is 0 Å². The molecule has 0 saturated carbocycles. The minimum absolute atomic E-state index is 0.146. The number of carbonyl (C=O) groups excluding carboxylic acids is 1. The van der Waals surface area contributed by atoms with Crippen molar-refractivity contribution in [2.75, 3.05) is 0 Å². The first-order valence-electron chi connectivity index (χ1n) is 4.23. The second kappa shape index (κ2) is 4.29. The van der Waals surface area contributed by atoms with E-state index in [4.69, 9.17) is 11.6 Å². The number of hydrogen-bond acceptors (Lipinski definition) is 1. The van der Waals surface area contributed by atoms with E-state index in [2.05, 4.69) is 11.9 Å². The Balaban J connectivity index is 3.00. The van der Waals surface area contributed by atoms with Crippen LogP contribution >= 0.6 is 11.6 Å². The molecule has 0 atom stereocenters. The highest BCUT2D eigenvalue weighted by atomic mass is 35.5. The Morgan fingerprint density at radius 2 is 2.14 bits per heavy atom. The first-order chi connectivity index (χ1) is 6.50. The van der Waals surface area contributed by atoms with Gasteiger partial charge in [0.2, 0.25) is 5.91 Å². The van der Waals surface area contributed by atoms with Gasteiger partial charge in [0.15, 0.2) is 0 Å². The molecule has 1 rings (SSSR count). The van der Waals surface area contributed by atoms with E-state index in [0.29, 0.717) is 10.7 Å². The Bertz CT molecular complexity index is 385. The zero-order valence-electron chi connectivity index (χ0n) is 8.23. The van der Waals surface area contributed by atoms with Gasteiger partial charge in [-0.3, -0.25) is 4.79 Å². The van der Waals surface area contributed by atoms with Crippen LogP contribution in [0.2, 0.25) is 5.02 Å². The molecule has 0 bridgehead atoms. The molecule has 0 aliphatic carbocycles. The molecule has 0 fully saturated rings. The van der Waals surface area contributed by atoms with Crippen molar-refractivity contribution >= 4 is 23.2 Å². The highest BCUT2D eigenvalue weighted by Crippen LogP contribution is 2.22. The van der Waals surface area contributed by atoms with Gasteiger partial charge in [-0.2, -0.15) is 0 Å². The van der Waals surface area contributed by atoms with Crippen LogP contribution in [0, 0.1) is 6.92 Å². The lowest BCUT2D eigenvalue weighted by Gasteiger charge is -2.09. The van der Waals surface area contributed by atoms with Crippen molar-refractivity contribution in [3.63, 3.8) is 0 Å². The molecule has 0 radical (unpaired) electrons. The van der Waals surface area contributed by atoms with Crippen LogP contribution in [-0.2, 0) is 4.79 Å². The predicted octanol–water partition coefficient (Wildman–Crippen LogP) is 2.76. The molecule has 74 valence electrons. The fourth-order valence-electron chi connectivity index (χ4n) is 1.15. The van der Waals surface area contributed by atoms with E-state index < -0.39 is 0 Å². The summed E-state index contributed by atoms with van der Waals surface area (Å²) in [5, 5.41) is 3.20. The molecule has 1 amide bonds. The van der Waals surface area contributed by atoms with Gasteiger partial charge in [0.1, 0.15) is 0 Å². The summed E-state index contributed by atoms with van der Waals surface area (Å²) >= 11 is 5.96. The molecule has 0 aliphatic heterocycles. The SMILES string of the molecule is C=C(NC(C)=O)c1cc(C)ccc1Cl. The van der Waals surface area contributed by atoms with E-state index >= 15 is 0 Å². The summed E-state index contributed by atoms with van der Waals surface area (Å²) in [6.07, 6.45) is 0. The van der Waals surface area contributed by atoms with E-state index in [-0.39, 0.29) is 5.91 Å². The van der Waals surface area contributed by atoms with Crippen molar-refractivity contribution in [3.8, 4) is 0 Å². The van der Waals surface area contributed by atoms with E-state index in [1.54, 1.807) is 6.07 Å². The van der Waals surface area contributed by atoms with Gasteiger partial charge in [0.25, 0.3) is 0 Å². The summed E-state index contributed by atoms with van der Waals surface area (Å²) in [4.78, 5) is 10.8. The van der Waals surface area contributed by atoms with E-state index in [0.717, 1.165) is 11.1 Å². The third-order valence-electron chi connectivity index (χ3n) is 1.77. The third kappa shape index (κ3) is 2.60. The molecule has 1 N–H and O–H groups in total. The number of nitrogens with one attached hydrogen (secondary N) is 1. The summed E-state index contributed by atoms with van der Waals surface area (Å²) in [6.45, 7) is 7.15. The van der Waals surface area contributed by atoms with Crippen molar-refractivity contribution < 1.29 is 4.79 Å².